The molecule has 1 aliphatic carbocycles. The summed E-state index contributed by atoms with van der Waals surface area (Å²) in [5.41, 5.74) is 0. The summed E-state index contributed by atoms with van der Waals surface area (Å²) in [6.07, 6.45) is 16.5. The van der Waals surface area contributed by atoms with Crippen molar-refractivity contribution in [3.05, 3.63) is 48.6 Å². The van der Waals surface area contributed by atoms with Gasteiger partial charge in [-0.15, -0.1) is 0 Å². The third-order valence-corrected chi connectivity index (χ3v) is 9.26. The lowest BCUT2D eigenvalue weighted by atomic mass is 9.85. The van der Waals surface area contributed by atoms with Crippen LogP contribution in [0.3, 0.4) is 0 Å². The van der Waals surface area contributed by atoms with Crippen molar-refractivity contribution in [3.8, 4) is 0 Å². The van der Waals surface area contributed by atoms with Crippen molar-refractivity contribution in [3.63, 3.8) is 0 Å². The van der Waals surface area contributed by atoms with Gasteiger partial charge in [0.1, 0.15) is 43.2 Å². The molecule has 0 aromatic heterocycles. The lowest BCUT2D eigenvalue weighted by Crippen LogP contribution is -2.64. The molecule has 0 aliphatic heterocycles. The summed E-state index contributed by atoms with van der Waals surface area (Å²) in [6, 6.07) is 0. The van der Waals surface area contributed by atoms with Crippen molar-refractivity contribution in [2.24, 2.45) is 0 Å². The predicted molar refractivity (Wildman–Crippen MR) is 193 cm³/mol. The quantitative estimate of drug-likeness (QED) is 0.0261. The molecule has 0 radical (unpaired) electrons. The van der Waals surface area contributed by atoms with Crippen molar-refractivity contribution in [1.82, 2.24) is 0 Å². The smallest absolute Gasteiger partial charge is 0.462 e. The molecular formula is C37H63O13P. The molecule has 13 nitrogen and oxygen atoms in total. The Morgan fingerprint density at radius 3 is 1.71 bits per heavy atom. The topological polar surface area (TPSA) is 210 Å². The largest absolute Gasteiger partial charge is 0.472 e. The maximum atomic E-state index is 12.7. The van der Waals surface area contributed by atoms with Gasteiger partial charge in [0.2, 0.25) is 0 Å². The molecular weight excluding hydrogens is 683 g/mol. The van der Waals surface area contributed by atoms with E-state index < -0.39 is 75.7 Å². The zero-order chi connectivity index (χ0) is 37.9. The summed E-state index contributed by atoms with van der Waals surface area (Å²) >= 11 is 0. The van der Waals surface area contributed by atoms with Gasteiger partial charge < -0.3 is 39.9 Å². The normalized spacial score (nSPS) is 24.5. The van der Waals surface area contributed by atoms with Crippen LogP contribution < -0.4 is 0 Å². The summed E-state index contributed by atoms with van der Waals surface area (Å²) in [5, 5.41) is 49.8. The number of hydrogen-bond acceptors (Lipinski definition) is 12. The molecule has 1 fully saturated rings. The van der Waals surface area contributed by atoms with Gasteiger partial charge >= 0.3 is 19.8 Å². The van der Waals surface area contributed by atoms with Crippen LogP contribution in [0.4, 0.5) is 0 Å². The van der Waals surface area contributed by atoms with Crippen molar-refractivity contribution in [2.45, 2.75) is 159 Å². The summed E-state index contributed by atoms with van der Waals surface area (Å²) in [4.78, 5) is 35.3. The van der Waals surface area contributed by atoms with E-state index in [9.17, 15) is 44.6 Å². The Morgan fingerprint density at radius 1 is 0.627 bits per heavy atom. The van der Waals surface area contributed by atoms with Gasteiger partial charge in [-0.3, -0.25) is 18.6 Å². The van der Waals surface area contributed by atoms with E-state index in [1.54, 1.807) is 0 Å². The fourth-order valence-electron chi connectivity index (χ4n) is 5.24. The van der Waals surface area contributed by atoms with Gasteiger partial charge in [0.15, 0.2) is 6.10 Å². The molecule has 0 spiro atoms. The highest BCUT2D eigenvalue weighted by molar-refractivity contribution is 7.47. The van der Waals surface area contributed by atoms with Gasteiger partial charge in [-0.05, 0) is 32.1 Å². The number of ether oxygens (including phenoxy) is 2. The number of esters is 2. The highest BCUT2D eigenvalue weighted by Crippen LogP contribution is 2.47. The van der Waals surface area contributed by atoms with E-state index in [-0.39, 0.29) is 12.8 Å². The van der Waals surface area contributed by atoms with Crippen LogP contribution >= 0.6 is 7.82 Å². The van der Waals surface area contributed by atoms with E-state index in [0.717, 1.165) is 70.6 Å². The number of rotatable bonds is 28. The third kappa shape index (κ3) is 21.8. The average molecular weight is 747 g/mol. The lowest BCUT2D eigenvalue weighted by molar-refractivity contribution is -0.220. The molecule has 0 bridgehead atoms. The molecule has 0 aromatic rings. The van der Waals surface area contributed by atoms with Gasteiger partial charge in [0.25, 0.3) is 0 Å². The van der Waals surface area contributed by atoms with E-state index in [4.69, 9.17) is 18.5 Å². The molecule has 294 valence electrons. The van der Waals surface area contributed by atoms with E-state index >= 15 is 0 Å². The number of phosphoric ester groups is 1. The number of phosphoric acid groups is 1. The van der Waals surface area contributed by atoms with Gasteiger partial charge in [0.05, 0.1) is 6.61 Å². The van der Waals surface area contributed by atoms with Crippen LogP contribution in [-0.4, -0.2) is 98.3 Å². The maximum absolute atomic E-state index is 12.7. The van der Waals surface area contributed by atoms with Crippen LogP contribution in [0.25, 0.3) is 0 Å². The van der Waals surface area contributed by atoms with Crippen LogP contribution in [0.5, 0.6) is 0 Å². The SMILES string of the molecule is CC/C=C/C=C/C=C/C=C/CCCCCCCC(=O)O[C@H](COC(=O)CCCCCCCCC)COP(=O)(O)OC1C(O)C(O)C(O)[C@@H](O)C1O. The fourth-order valence-corrected chi connectivity index (χ4v) is 6.21. The van der Waals surface area contributed by atoms with Crippen molar-refractivity contribution < 1.29 is 63.1 Å². The van der Waals surface area contributed by atoms with E-state index in [0.29, 0.717) is 12.8 Å². The number of carbonyl (C=O) groups is 2. The second kappa shape index (κ2) is 28.3. The van der Waals surface area contributed by atoms with Gasteiger partial charge in [-0.25, -0.2) is 4.57 Å². The molecule has 0 heterocycles. The second-order valence-electron chi connectivity index (χ2n) is 12.8. The number of carbonyl (C=O) groups excluding carboxylic acids is 2. The Morgan fingerprint density at radius 2 is 1.12 bits per heavy atom. The van der Waals surface area contributed by atoms with Crippen molar-refractivity contribution in [2.75, 3.05) is 13.2 Å². The average Bonchev–Trinajstić information content (AvgIpc) is 3.10. The van der Waals surface area contributed by atoms with E-state index in [1.165, 1.54) is 6.42 Å². The molecule has 14 heteroatoms. The number of allylic oxidation sites excluding steroid dienone is 8. The Labute approximate surface area is 303 Å². The van der Waals surface area contributed by atoms with E-state index in [2.05, 4.69) is 26.0 Å². The standard InChI is InChI=1S/C37H63O13P/c1-3-5-7-9-11-12-13-14-15-16-17-18-20-22-24-26-31(39)49-29(27-47-30(38)25-23-21-19-10-8-6-4-2)28-48-51(45,46)50-37-35(43)33(41)32(40)34(42)36(37)44/h5,7,9,11-15,29,32-37,40-44H,3-4,6,8,10,16-28H2,1-2H3,(H,45,46)/b7-5+,11-9+,13-12+,15-14+/t29-,32?,33-,34?,35?,36?,37?/m1/s1. The minimum absolute atomic E-state index is 0.0694. The summed E-state index contributed by atoms with van der Waals surface area (Å²) in [5.74, 6) is -1.14. The van der Waals surface area contributed by atoms with Crippen molar-refractivity contribution >= 4 is 19.8 Å². The highest BCUT2D eigenvalue weighted by atomic mass is 31.2. The van der Waals surface area contributed by atoms with Crippen molar-refractivity contribution in [1.29, 1.82) is 0 Å². The number of aliphatic hydroxyl groups is 5. The van der Waals surface area contributed by atoms with Crippen LogP contribution in [0, 0.1) is 0 Å². The first-order valence-corrected chi connectivity index (χ1v) is 20.0. The van der Waals surface area contributed by atoms with Gasteiger partial charge in [-0.1, -0.05) is 120 Å². The zero-order valence-electron chi connectivity index (χ0n) is 30.4. The molecule has 6 unspecified atom stereocenters. The Hall–Kier alpha value is -2.19. The highest BCUT2D eigenvalue weighted by Gasteiger charge is 2.51. The number of aliphatic hydroxyl groups excluding tert-OH is 5. The molecule has 8 atom stereocenters. The molecule has 0 amide bonds. The molecule has 1 saturated carbocycles. The minimum atomic E-state index is -5.11. The summed E-state index contributed by atoms with van der Waals surface area (Å²) in [6.45, 7) is 3.03. The Bertz CT molecular complexity index is 1090. The molecule has 1 aliphatic rings. The Kier molecular flexibility index (Phi) is 26.0. The number of hydrogen-bond donors (Lipinski definition) is 6. The molecule has 0 saturated heterocycles. The predicted octanol–water partition coefficient (Wildman–Crippen LogP) is 5.27. The van der Waals surface area contributed by atoms with E-state index in [1.807, 2.05) is 36.5 Å². The molecule has 1 rings (SSSR count). The van der Waals surface area contributed by atoms with Crippen LogP contribution in [0.15, 0.2) is 48.6 Å². The van der Waals surface area contributed by atoms with Crippen LogP contribution in [0.1, 0.15) is 117 Å². The third-order valence-electron chi connectivity index (χ3n) is 8.28. The molecule has 51 heavy (non-hydrogen) atoms. The lowest BCUT2D eigenvalue weighted by Gasteiger charge is -2.41. The molecule has 6 N–H and O–H groups in total. The molecule has 0 aromatic carbocycles. The van der Waals surface area contributed by atoms with Crippen LogP contribution in [-0.2, 0) is 32.7 Å². The first-order valence-electron chi connectivity index (χ1n) is 18.5. The monoisotopic (exact) mass is 746 g/mol. The number of unbranched alkanes of at least 4 members (excludes halogenated alkanes) is 11. The zero-order valence-corrected chi connectivity index (χ0v) is 31.3. The summed E-state index contributed by atoms with van der Waals surface area (Å²) < 4.78 is 33.2. The second-order valence-corrected chi connectivity index (χ2v) is 14.2. The van der Waals surface area contributed by atoms with Gasteiger partial charge in [0, 0.05) is 12.8 Å². The maximum Gasteiger partial charge on any atom is 0.472 e. The Balaban J connectivity index is 2.57. The van der Waals surface area contributed by atoms with Gasteiger partial charge in [-0.2, -0.15) is 0 Å². The first-order chi connectivity index (χ1) is 24.4. The first kappa shape index (κ1) is 46.8. The van der Waals surface area contributed by atoms with Crippen LogP contribution in [0.2, 0.25) is 0 Å². The fraction of sp³-hybridized carbons (Fsp3) is 0.730. The minimum Gasteiger partial charge on any atom is -0.462 e. The summed E-state index contributed by atoms with van der Waals surface area (Å²) in [7, 11) is -5.11.